The normalized spacial score (nSPS) is 10.4. The first-order chi connectivity index (χ1) is 8.16. The molecular weight excluding hydrogens is 218 g/mol. The van der Waals surface area contributed by atoms with Crippen molar-refractivity contribution in [3.05, 3.63) is 36.1 Å². The third-order valence-corrected chi connectivity index (χ3v) is 2.45. The van der Waals surface area contributed by atoms with Gasteiger partial charge in [-0.25, -0.2) is 0 Å². The Morgan fingerprint density at radius 1 is 1.29 bits per heavy atom. The van der Waals surface area contributed by atoms with Gasteiger partial charge in [0.15, 0.2) is 0 Å². The van der Waals surface area contributed by atoms with Crippen molar-refractivity contribution in [1.29, 1.82) is 0 Å². The summed E-state index contributed by atoms with van der Waals surface area (Å²) in [5, 5.41) is 3.67. The first kappa shape index (κ1) is 11.4. The maximum atomic E-state index is 11.3. The van der Waals surface area contributed by atoms with E-state index in [1.165, 1.54) is 6.92 Å². The van der Waals surface area contributed by atoms with Crippen molar-refractivity contribution < 1.29 is 14.0 Å². The molecule has 1 heterocycles. The number of benzene rings is 1. The molecule has 1 N–H and O–H groups in total. The molecule has 17 heavy (non-hydrogen) atoms. The van der Waals surface area contributed by atoms with Crippen LogP contribution in [0.15, 0.2) is 34.9 Å². The van der Waals surface area contributed by atoms with Crippen molar-refractivity contribution in [2.24, 2.45) is 0 Å². The Hall–Kier alpha value is -2.10. The summed E-state index contributed by atoms with van der Waals surface area (Å²) in [5.41, 5.74) is 1.71. The maximum absolute atomic E-state index is 11.3. The lowest BCUT2D eigenvalue weighted by Gasteiger charge is -2.01. The largest absolute Gasteiger partial charge is 0.464 e. The monoisotopic (exact) mass is 231 g/mol. The number of ketones is 1. The molecule has 0 aliphatic heterocycles. The lowest BCUT2D eigenvalue weighted by Crippen LogP contribution is -2.24. The Balaban J connectivity index is 2.04. The second-order valence-electron chi connectivity index (χ2n) is 3.91. The zero-order chi connectivity index (χ0) is 12.3. The SMILES string of the molecule is CC(=O)CC(=O)NCc1coc2ccccc12. The zero-order valence-electron chi connectivity index (χ0n) is 9.53. The average Bonchev–Trinajstić information content (AvgIpc) is 2.69. The Labute approximate surface area is 98.6 Å². The molecule has 0 aliphatic rings. The quantitative estimate of drug-likeness (QED) is 0.819. The van der Waals surface area contributed by atoms with Crippen LogP contribution in [0.1, 0.15) is 18.9 Å². The summed E-state index contributed by atoms with van der Waals surface area (Å²) in [6.07, 6.45) is 1.55. The summed E-state index contributed by atoms with van der Waals surface area (Å²) in [4.78, 5) is 22.1. The lowest BCUT2D eigenvalue weighted by molar-refractivity contribution is -0.127. The standard InChI is InChI=1S/C13H13NO3/c1-9(15)6-13(16)14-7-10-8-17-12-5-3-2-4-11(10)12/h2-5,8H,6-7H2,1H3,(H,14,16). The van der Waals surface area contributed by atoms with Gasteiger partial charge in [0.1, 0.15) is 11.4 Å². The molecule has 0 saturated carbocycles. The van der Waals surface area contributed by atoms with Gasteiger partial charge < -0.3 is 9.73 Å². The molecule has 1 amide bonds. The lowest BCUT2D eigenvalue weighted by atomic mass is 10.2. The van der Waals surface area contributed by atoms with Gasteiger partial charge in [-0.05, 0) is 13.0 Å². The molecule has 0 radical (unpaired) electrons. The van der Waals surface area contributed by atoms with Crippen LogP contribution in [0.25, 0.3) is 11.0 Å². The molecular formula is C13H13NO3. The van der Waals surface area contributed by atoms with Crippen LogP contribution in [0.4, 0.5) is 0 Å². The fraction of sp³-hybridized carbons (Fsp3) is 0.231. The first-order valence-corrected chi connectivity index (χ1v) is 5.38. The minimum absolute atomic E-state index is 0.0736. The van der Waals surface area contributed by atoms with Gasteiger partial charge in [0.25, 0.3) is 0 Å². The number of hydrogen-bond acceptors (Lipinski definition) is 3. The van der Waals surface area contributed by atoms with Crippen LogP contribution in [0.5, 0.6) is 0 Å². The van der Waals surface area contributed by atoms with Gasteiger partial charge >= 0.3 is 0 Å². The van der Waals surface area contributed by atoms with E-state index in [1.807, 2.05) is 24.3 Å². The molecule has 0 unspecified atom stereocenters. The number of nitrogens with one attached hydrogen (secondary N) is 1. The first-order valence-electron chi connectivity index (χ1n) is 5.38. The Kier molecular flexibility index (Phi) is 3.23. The highest BCUT2D eigenvalue weighted by Crippen LogP contribution is 2.20. The third kappa shape index (κ3) is 2.72. The highest BCUT2D eigenvalue weighted by atomic mass is 16.3. The average molecular weight is 231 g/mol. The molecule has 88 valence electrons. The molecule has 0 bridgehead atoms. The van der Waals surface area contributed by atoms with Crippen molar-refractivity contribution in [3.63, 3.8) is 0 Å². The number of fused-ring (bicyclic) bond motifs is 1. The van der Waals surface area contributed by atoms with E-state index in [2.05, 4.69) is 5.32 Å². The maximum Gasteiger partial charge on any atom is 0.227 e. The second kappa shape index (κ2) is 4.82. The molecule has 1 aromatic carbocycles. The van der Waals surface area contributed by atoms with Gasteiger partial charge in [-0.15, -0.1) is 0 Å². The highest BCUT2D eigenvalue weighted by Gasteiger charge is 2.08. The van der Waals surface area contributed by atoms with Crippen LogP contribution in [0, 0.1) is 0 Å². The van der Waals surface area contributed by atoms with E-state index in [-0.39, 0.29) is 18.1 Å². The predicted octanol–water partition coefficient (Wildman–Crippen LogP) is 2.03. The van der Waals surface area contributed by atoms with E-state index >= 15 is 0 Å². The van der Waals surface area contributed by atoms with Crippen molar-refractivity contribution in [1.82, 2.24) is 5.32 Å². The van der Waals surface area contributed by atoms with Crippen LogP contribution in [-0.4, -0.2) is 11.7 Å². The summed E-state index contributed by atoms with van der Waals surface area (Å²) in [6.45, 7) is 1.77. The van der Waals surface area contributed by atoms with Crippen LogP contribution in [0.2, 0.25) is 0 Å². The van der Waals surface area contributed by atoms with Crippen LogP contribution < -0.4 is 5.32 Å². The fourth-order valence-corrected chi connectivity index (χ4v) is 1.65. The molecule has 4 heteroatoms. The second-order valence-corrected chi connectivity index (χ2v) is 3.91. The number of Topliss-reactive ketones (excluding diaryl/α,β-unsaturated/α-hetero) is 1. The Bertz CT molecular complexity index is 557. The van der Waals surface area contributed by atoms with Gasteiger partial charge in [0, 0.05) is 17.5 Å². The minimum atomic E-state index is -0.261. The fourth-order valence-electron chi connectivity index (χ4n) is 1.65. The number of para-hydroxylation sites is 1. The van der Waals surface area contributed by atoms with E-state index in [0.29, 0.717) is 6.54 Å². The van der Waals surface area contributed by atoms with Gasteiger partial charge in [-0.1, -0.05) is 18.2 Å². The molecule has 2 rings (SSSR count). The van der Waals surface area contributed by atoms with E-state index < -0.39 is 0 Å². The summed E-state index contributed by atoms with van der Waals surface area (Å²) < 4.78 is 5.34. The summed E-state index contributed by atoms with van der Waals surface area (Å²) in [5.74, 6) is -0.401. The summed E-state index contributed by atoms with van der Waals surface area (Å²) in [7, 11) is 0. The van der Waals surface area contributed by atoms with Crippen molar-refractivity contribution >= 4 is 22.7 Å². The van der Waals surface area contributed by atoms with E-state index in [9.17, 15) is 9.59 Å². The van der Waals surface area contributed by atoms with Crippen LogP contribution >= 0.6 is 0 Å². The smallest absolute Gasteiger partial charge is 0.227 e. The van der Waals surface area contributed by atoms with Crippen LogP contribution in [0.3, 0.4) is 0 Å². The Morgan fingerprint density at radius 2 is 2.06 bits per heavy atom. The molecule has 2 aromatic rings. The molecule has 1 aromatic heterocycles. The molecule has 0 atom stereocenters. The van der Waals surface area contributed by atoms with Gasteiger partial charge in [-0.2, -0.15) is 0 Å². The Morgan fingerprint density at radius 3 is 2.82 bits per heavy atom. The number of rotatable bonds is 4. The number of hydrogen-bond donors (Lipinski definition) is 1. The topological polar surface area (TPSA) is 59.3 Å². The van der Waals surface area contributed by atoms with E-state index in [1.54, 1.807) is 6.26 Å². The van der Waals surface area contributed by atoms with Crippen molar-refractivity contribution in [3.8, 4) is 0 Å². The zero-order valence-corrected chi connectivity index (χ0v) is 9.53. The predicted molar refractivity (Wildman–Crippen MR) is 63.4 cm³/mol. The number of carbonyl (C=O) groups excluding carboxylic acids is 2. The number of carbonyl (C=O) groups is 2. The van der Waals surface area contributed by atoms with Crippen molar-refractivity contribution in [2.45, 2.75) is 19.9 Å². The van der Waals surface area contributed by atoms with E-state index in [0.717, 1.165) is 16.5 Å². The highest BCUT2D eigenvalue weighted by molar-refractivity contribution is 5.96. The molecule has 0 fully saturated rings. The summed E-state index contributed by atoms with van der Waals surface area (Å²) in [6, 6.07) is 7.62. The van der Waals surface area contributed by atoms with Crippen molar-refractivity contribution in [2.75, 3.05) is 0 Å². The number of furan rings is 1. The minimum Gasteiger partial charge on any atom is -0.464 e. The van der Waals surface area contributed by atoms with Gasteiger partial charge in [-0.3, -0.25) is 9.59 Å². The molecule has 4 nitrogen and oxygen atoms in total. The van der Waals surface area contributed by atoms with Crippen LogP contribution in [-0.2, 0) is 16.1 Å². The molecule has 0 spiro atoms. The third-order valence-electron chi connectivity index (χ3n) is 2.45. The summed E-state index contributed by atoms with van der Waals surface area (Å²) >= 11 is 0. The molecule has 0 aliphatic carbocycles. The van der Waals surface area contributed by atoms with Gasteiger partial charge in [0.2, 0.25) is 5.91 Å². The van der Waals surface area contributed by atoms with E-state index in [4.69, 9.17) is 4.42 Å². The number of amides is 1. The van der Waals surface area contributed by atoms with Gasteiger partial charge in [0.05, 0.1) is 12.7 Å². The molecule has 0 saturated heterocycles.